The zero-order valence-corrected chi connectivity index (χ0v) is 8.05. The molecule has 1 heterocycles. The molecule has 1 aromatic heterocycles. The van der Waals surface area contributed by atoms with Crippen molar-refractivity contribution in [2.24, 2.45) is 5.73 Å². The first kappa shape index (κ1) is 10.7. The summed E-state index contributed by atoms with van der Waals surface area (Å²) in [4.78, 5) is 14.4. The molecule has 0 fully saturated rings. The lowest BCUT2D eigenvalue weighted by molar-refractivity contribution is -0.138. The molecule has 0 spiro atoms. The molecule has 0 bridgehead atoms. The second-order valence-electron chi connectivity index (χ2n) is 3.36. The van der Waals surface area contributed by atoms with Crippen LogP contribution in [0.5, 0.6) is 0 Å². The summed E-state index contributed by atoms with van der Waals surface area (Å²) in [5, 5.41) is 8.64. The van der Waals surface area contributed by atoms with Crippen LogP contribution < -0.4 is 5.73 Å². The molecule has 0 amide bonds. The smallest absolute Gasteiger partial charge is 0.320 e. The van der Waals surface area contributed by atoms with E-state index in [0.717, 1.165) is 5.56 Å². The Morgan fingerprint density at radius 3 is 2.64 bits per heavy atom. The second kappa shape index (κ2) is 4.72. The number of nitrogens with zero attached hydrogens (tertiary/aromatic N) is 1. The number of nitrogens with two attached hydrogens (primary N) is 1. The highest BCUT2D eigenvalue weighted by molar-refractivity contribution is 5.73. The van der Waals surface area contributed by atoms with E-state index in [1.807, 2.05) is 19.1 Å². The summed E-state index contributed by atoms with van der Waals surface area (Å²) in [6.07, 6.45) is 3.83. The lowest BCUT2D eigenvalue weighted by atomic mass is 9.95. The van der Waals surface area contributed by atoms with E-state index in [4.69, 9.17) is 10.8 Å². The Morgan fingerprint density at radius 2 is 2.14 bits per heavy atom. The third kappa shape index (κ3) is 2.81. The molecule has 1 unspecified atom stereocenters. The monoisotopic (exact) mass is 194 g/mol. The number of carboxylic acids is 1. The van der Waals surface area contributed by atoms with Crippen molar-refractivity contribution in [3.8, 4) is 0 Å². The Labute approximate surface area is 82.8 Å². The number of aromatic nitrogens is 1. The van der Waals surface area contributed by atoms with Crippen molar-refractivity contribution < 1.29 is 9.90 Å². The van der Waals surface area contributed by atoms with Gasteiger partial charge in [-0.2, -0.15) is 0 Å². The number of hydrogen-bond donors (Lipinski definition) is 2. The normalized spacial score (nSPS) is 14.7. The van der Waals surface area contributed by atoms with Crippen molar-refractivity contribution in [2.75, 3.05) is 0 Å². The molecule has 0 aromatic carbocycles. The highest BCUT2D eigenvalue weighted by atomic mass is 16.4. The number of rotatable bonds is 4. The van der Waals surface area contributed by atoms with Crippen LogP contribution in [-0.2, 0) is 4.79 Å². The lowest BCUT2D eigenvalue weighted by Crippen LogP contribution is -2.31. The van der Waals surface area contributed by atoms with Crippen LogP contribution in [0.2, 0.25) is 0 Å². The molecule has 0 saturated carbocycles. The number of aliphatic carboxylic acids is 1. The van der Waals surface area contributed by atoms with Crippen LogP contribution in [0.1, 0.15) is 24.8 Å². The van der Waals surface area contributed by atoms with Crippen LogP contribution in [0, 0.1) is 0 Å². The van der Waals surface area contributed by atoms with Gasteiger partial charge in [-0.25, -0.2) is 0 Å². The van der Waals surface area contributed by atoms with E-state index >= 15 is 0 Å². The van der Waals surface area contributed by atoms with Gasteiger partial charge in [-0.05, 0) is 30.0 Å². The molecule has 0 aliphatic rings. The van der Waals surface area contributed by atoms with E-state index in [9.17, 15) is 4.79 Å². The summed E-state index contributed by atoms with van der Waals surface area (Å²) >= 11 is 0. The molecule has 0 aliphatic carbocycles. The van der Waals surface area contributed by atoms with Crippen molar-refractivity contribution >= 4 is 5.97 Å². The van der Waals surface area contributed by atoms with E-state index in [1.54, 1.807) is 12.4 Å². The predicted molar refractivity (Wildman–Crippen MR) is 52.9 cm³/mol. The van der Waals surface area contributed by atoms with Gasteiger partial charge in [0.2, 0.25) is 0 Å². The van der Waals surface area contributed by atoms with Gasteiger partial charge in [0, 0.05) is 12.4 Å². The summed E-state index contributed by atoms with van der Waals surface area (Å²) < 4.78 is 0. The Hall–Kier alpha value is -1.42. The molecule has 2 atom stereocenters. The van der Waals surface area contributed by atoms with E-state index in [1.165, 1.54) is 0 Å². The van der Waals surface area contributed by atoms with E-state index in [2.05, 4.69) is 4.98 Å². The third-order valence-electron chi connectivity index (χ3n) is 2.20. The standard InChI is InChI=1S/C10H14N2O2/c1-7(6-9(11)10(13)14)8-2-4-12-5-3-8/h2-5,7,9H,6,11H2,1H3,(H,13,14)/t7?,9-/m0/s1. The Morgan fingerprint density at radius 1 is 1.57 bits per heavy atom. The molecular weight excluding hydrogens is 180 g/mol. The zero-order valence-electron chi connectivity index (χ0n) is 8.05. The second-order valence-corrected chi connectivity index (χ2v) is 3.36. The van der Waals surface area contributed by atoms with Gasteiger partial charge < -0.3 is 10.8 Å². The van der Waals surface area contributed by atoms with Gasteiger partial charge >= 0.3 is 5.97 Å². The average Bonchev–Trinajstić information content (AvgIpc) is 2.19. The van der Waals surface area contributed by atoms with Crippen molar-refractivity contribution in [1.29, 1.82) is 0 Å². The van der Waals surface area contributed by atoms with Crippen molar-refractivity contribution in [3.63, 3.8) is 0 Å². The van der Waals surface area contributed by atoms with E-state index in [0.29, 0.717) is 6.42 Å². The molecule has 4 nitrogen and oxygen atoms in total. The van der Waals surface area contributed by atoms with Crippen molar-refractivity contribution in [2.45, 2.75) is 25.3 Å². The minimum absolute atomic E-state index is 0.143. The highest BCUT2D eigenvalue weighted by Gasteiger charge is 2.16. The Kier molecular flexibility index (Phi) is 3.59. The van der Waals surface area contributed by atoms with Gasteiger partial charge in [-0.15, -0.1) is 0 Å². The van der Waals surface area contributed by atoms with Crippen LogP contribution in [-0.4, -0.2) is 22.1 Å². The first-order valence-electron chi connectivity index (χ1n) is 4.49. The molecule has 0 radical (unpaired) electrons. The predicted octanol–water partition coefficient (Wildman–Crippen LogP) is 0.987. The molecule has 14 heavy (non-hydrogen) atoms. The van der Waals surface area contributed by atoms with Gasteiger partial charge in [0.15, 0.2) is 0 Å². The molecule has 4 heteroatoms. The third-order valence-corrected chi connectivity index (χ3v) is 2.20. The maximum atomic E-state index is 10.5. The number of hydrogen-bond acceptors (Lipinski definition) is 3. The van der Waals surface area contributed by atoms with Crippen LogP contribution in [0.4, 0.5) is 0 Å². The quantitative estimate of drug-likeness (QED) is 0.749. The first-order valence-corrected chi connectivity index (χ1v) is 4.49. The first-order chi connectivity index (χ1) is 6.61. The fourth-order valence-corrected chi connectivity index (χ4v) is 1.31. The average molecular weight is 194 g/mol. The SMILES string of the molecule is CC(C[C@H](N)C(=O)O)c1ccncc1. The molecule has 3 N–H and O–H groups in total. The van der Waals surface area contributed by atoms with E-state index < -0.39 is 12.0 Å². The van der Waals surface area contributed by atoms with Crippen LogP contribution in [0.25, 0.3) is 0 Å². The van der Waals surface area contributed by atoms with Crippen molar-refractivity contribution in [1.82, 2.24) is 4.98 Å². The number of carboxylic acid groups (broad SMARTS) is 1. The number of pyridine rings is 1. The molecular formula is C10H14N2O2. The molecule has 0 aliphatic heterocycles. The number of carbonyl (C=O) groups is 1. The zero-order chi connectivity index (χ0) is 10.6. The van der Waals surface area contributed by atoms with Gasteiger partial charge in [-0.1, -0.05) is 6.92 Å². The van der Waals surface area contributed by atoms with Gasteiger partial charge in [0.1, 0.15) is 6.04 Å². The van der Waals surface area contributed by atoms with E-state index in [-0.39, 0.29) is 5.92 Å². The van der Waals surface area contributed by atoms with Crippen LogP contribution in [0.3, 0.4) is 0 Å². The summed E-state index contributed by atoms with van der Waals surface area (Å²) in [6, 6.07) is 2.96. The van der Waals surface area contributed by atoms with Gasteiger partial charge in [-0.3, -0.25) is 9.78 Å². The Balaban J connectivity index is 2.59. The van der Waals surface area contributed by atoms with Gasteiger partial charge in [0.25, 0.3) is 0 Å². The highest BCUT2D eigenvalue weighted by Crippen LogP contribution is 2.18. The van der Waals surface area contributed by atoms with Crippen LogP contribution in [0.15, 0.2) is 24.5 Å². The molecule has 0 saturated heterocycles. The molecule has 76 valence electrons. The fraction of sp³-hybridized carbons (Fsp3) is 0.400. The maximum absolute atomic E-state index is 10.5. The Bertz CT molecular complexity index is 300. The van der Waals surface area contributed by atoms with Gasteiger partial charge in [0.05, 0.1) is 0 Å². The lowest BCUT2D eigenvalue weighted by Gasteiger charge is -2.13. The fourth-order valence-electron chi connectivity index (χ4n) is 1.31. The molecule has 1 aromatic rings. The summed E-state index contributed by atoms with van der Waals surface area (Å²) in [7, 11) is 0. The molecule has 1 rings (SSSR count). The summed E-state index contributed by atoms with van der Waals surface area (Å²) in [6.45, 7) is 1.96. The van der Waals surface area contributed by atoms with Crippen LogP contribution >= 0.6 is 0 Å². The maximum Gasteiger partial charge on any atom is 0.320 e. The summed E-state index contributed by atoms with van der Waals surface area (Å²) in [5.41, 5.74) is 6.51. The van der Waals surface area contributed by atoms with Crippen molar-refractivity contribution in [3.05, 3.63) is 30.1 Å². The topological polar surface area (TPSA) is 76.2 Å². The largest absolute Gasteiger partial charge is 0.480 e. The minimum Gasteiger partial charge on any atom is -0.480 e. The summed E-state index contributed by atoms with van der Waals surface area (Å²) in [5.74, 6) is -0.810. The minimum atomic E-state index is -0.953.